The predicted molar refractivity (Wildman–Crippen MR) is 79.6 cm³/mol. The van der Waals surface area contributed by atoms with Crippen LogP contribution < -0.4 is 0 Å². The van der Waals surface area contributed by atoms with E-state index in [4.69, 9.17) is 0 Å². The molecule has 1 unspecified atom stereocenters. The highest BCUT2D eigenvalue weighted by atomic mass is 16.4. The van der Waals surface area contributed by atoms with Gasteiger partial charge in [0.15, 0.2) is 0 Å². The summed E-state index contributed by atoms with van der Waals surface area (Å²) in [4.78, 5) is 11.8. The van der Waals surface area contributed by atoms with Gasteiger partial charge in [-0.15, -0.1) is 0 Å². The molecule has 0 saturated heterocycles. The molecule has 0 bridgehead atoms. The number of carbonyl (C=O) groups is 1. The van der Waals surface area contributed by atoms with Crippen molar-refractivity contribution in [1.82, 2.24) is 0 Å². The molecule has 0 aliphatic heterocycles. The maximum atomic E-state index is 11.8. The number of hydrogen-bond acceptors (Lipinski definition) is 1. The molecule has 0 spiro atoms. The highest BCUT2D eigenvalue weighted by Crippen LogP contribution is 2.42. The zero-order valence-electron chi connectivity index (χ0n) is 13.2. The molecule has 106 valence electrons. The topological polar surface area (TPSA) is 37.3 Å². The quantitative estimate of drug-likeness (QED) is 0.859. The summed E-state index contributed by atoms with van der Waals surface area (Å²) in [6, 6.07) is 7.99. The van der Waals surface area contributed by atoms with Gasteiger partial charge in [0.25, 0.3) is 0 Å². The standard InChI is InChI=1S/C17H26O2/c1-15(2,3)12-9-8-10-13(11-12)17(7,14(18)19)16(4,5)6/h8-11H,1-7H3,(H,18,19). The predicted octanol–water partition coefficient (Wildman–Crippen LogP) is 4.37. The van der Waals surface area contributed by atoms with Crippen molar-refractivity contribution in [1.29, 1.82) is 0 Å². The molecule has 0 aliphatic rings. The molecule has 2 nitrogen and oxygen atoms in total. The fraction of sp³-hybridized carbons (Fsp3) is 0.588. The third-order valence-corrected chi connectivity index (χ3v) is 4.23. The lowest BCUT2D eigenvalue weighted by Gasteiger charge is -2.39. The van der Waals surface area contributed by atoms with Crippen LogP contribution in [0, 0.1) is 5.41 Å². The van der Waals surface area contributed by atoms with E-state index in [2.05, 4.69) is 26.8 Å². The molecule has 0 saturated carbocycles. The van der Waals surface area contributed by atoms with Gasteiger partial charge in [-0.1, -0.05) is 65.8 Å². The minimum atomic E-state index is -0.895. The Morgan fingerprint density at radius 1 is 0.947 bits per heavy atom. The molecular formula is C17H26O2. The summed E-state index contributed by atoms with van der Waals surface area (Å²) in [6.07, 6.45) is 0. The van der Waals surface area contributed by atoms with E-state index >= 15 is 0 Å². The van der Waals surface area contributed by atoms with Gasteiger partial charge in [0.2, 0.25) is 0 Å². The van der Waals surface area contributed by atoms with E-state index in [0.717, 1.165) is 5.56 Å². The number of carboxylic acids is 1. The Kier molecular flexibility index (Phi) is 3.86. The molecule has 2 heteroatoms. The van der Waals surface area contributed by atoms with Crippen LogP contribution in [0.25, 0.3) is 0 Å². The third kappa shape index (κ3) is 2.83. The zero-order valence-corrected chi connectivity index (χ0v) is 13.2. The van der Waals surface area contributed by atoms with Crippen molar-refractivity contribution < 1.29 is 9.90 Å². The summed E-state index contributed by atoms with van der Waals surface area (Å²) >= 11 is 0. The Labute approximate surface area is 116 Å². The van der Waals surface area contributed by atoms with Crippen LogP contribution >= 0.6 is 0 Å². The lowest BCUT2D eigenvalue weighted by molar-refractivity contribution is -0.147. The Morgan fingerprint density at radius 2 is 1.42 bits per heavy atom. The van der Waals surface area contributed by atoms with Crippen molar-refractivity contribution in [2.75, 3.05) is 0 Å². The lowest BCUT2D eigenvalue weighted by Crippen LogP contribution is -2.44. The summed E-state index contributed by atoms with van der Waals surface area (Å²) in [5.41, 5.74) is 0.818. The highest BCUT2D eigenvalue weighted by Gasteiger charge is 2.46. The first-order chi connectivity index (χ1) is 8.40. The molecule has 0 heterocycles. The Balaban J connectivity index is 3.47. The molecular weight excluding hydrogens is 236 g/mol. The molecule has 0 aromatic heterocycles. The smallest absolute Gasteiger partial charge is 0.314 e. The number of benzene rings is 1. The van der Waals surface area contributed by atoms with Crippen molar-refractivity contribution >= 4 is 5.97 Å². The number of aliphatic carboxylic acids is 1. The Hall–Kier alpha value is -1.31. The second-order valence-corrected chi connectivity index (χ2v) is 7.51. The average Bonchev–Trinajstić information content (AvgIpc) is 2.25. The second-order valence-electron chi connectivity index (χ2n) is 7.51. The largest absolute Gasteiger partial charge is 0.481 e. The molecule has 0 amide bonds. The normalized spacial score (nSPS) is 15.9. The van der Waals surface area contributed by atoms with Crippen LogP contribution in [0.4, 0.5) is 0 Å². The summed E-state index contributed by atoms with van der Waals surface area (Å²) in [5.74, 6) is -0.772. The lowest BCUT2D eigenvalue weighted by atomic mass is 9.63. The number of hydrogen-bond donors (Lipinski definition) is 1. The number of carboxylic acid groups (broad SMARTS) is 1. The van der Waals surface area contributed by atoms with E-state index in [1.807, 2.05) is 45.9 Å². The molecule has 0 fully saturated rings. The van der Waals surface area contributed by atoms with Crippen molar-refractivity contribution in [2.45, 2.75) is 59.3 Å². The van der Waals surface area contributed by atoms with Crippen LogP contribution in [-0.4, -0.2) is 11.1 Å². The average molecular weight is 262 g/mol. The van der Waals surface area contributed by atoms with Gasteiger partial charge in [-0.05, 0) is 28.9 Å². The van der Waals surface area contributed by atoms with E-state index in [0.29, 0.717) is 0 Å². The van der Waals surface area contributed by atoms with E-state index < -0.39 is 11.4 Å². The van der Waals surface area contributed by atoms with Gasteiger partial charge in [-0.3, -0.25) is 4.79 Å². The zero-order chi connectivity index (χ0) is 15.1. The fourth-order valence-corrected chi connectivity index (χ4v) is 2.17. The molecule has 1 aromatic rings. The van der Waals surface area contributed by atoms with Crippen LogP contribution in [0.1, 0.15) is 59.6 Å². The molecule has 1 N–H and O–H groups in total. The maximum Gasteiger partial charge on any atom is 0.314 e. The van der Waals surface area contributed by atoms with Crippen LogP contribution in [0.2, 0.25) is 0 Å². The van der Waals surface area contributed by atoms with Crippen molar-refractivity contribution in [3.05, 3.63) is 35.4 Å². The van der Waals surface area contributed by atoms with Crippen molar-refractivity contribution in [3.63, 3.8) is 0 Å². The molecule has 1 atom stereocenters. The third-order valence-electron chi connectivity index (χ3n) is 4.23. The molecule has 0 radical (unpaired) electrons. The van der Waals surface area contributed by atoms with Gasteiger partial charge < -0.3 is 5.11 Å². The first kappa shape index (κ1) is 15.7. The Morgan fingerprint density at radius 3 is 1.79 bits per heavy atom. The van der Waals surface area contributed by atoms with Crippen LogP contribution in [0.15, 0.2) is 24.3 Å². The number of rotatable bonds is 2. The highest BCUT2D eigenvalue weighted by molar-refractivity contribution is 5.82. The molecule has 0 aliphatic carbocycles. The van der Waals surface area contributed by atoms with Gasteiger partial charge in [0.05, 0.1) is 5.41 Å². The van der Waals surface area contributed by atoms with E-state index in [1.165, 1.54) is 5.56 Å². The Bertz CT molecular complexity index is 475. The van der Waals surface area contributed by atoms with Gasteiger partial charge >= 0.3 is 5.97 Å². The summed E-state index contributed by atoms with van der Waals surface area (Å²) < 4.78 is 0. The summed E-state index contributed by atoms with van der Waals surface area (Å²) in [7, 11) is 0. The van der Waals surface area contributed by atoms with Crippen LogP contribution in [-0.2, 0) is 15.6 Å². The molecule has 1 rings (SSSR count). The molecule has 19 heavy (non-hydrogen) atoms. The summed E-state index contributed by atoms with van der Waals surface area (Å²) in [6.45, 7) is 14.2. The second kappa shape index (κ2) is 4.66. The first-order valence-electron chi connectivity index (χ1n) is 6.75. The van der Waals surface area contributed by atoms with Crippen molar-refractivity contribution in [3.8, 4) is 0 Å². The minimum Gasteiger partial charge on any atom is -0.481 e. The van der Waals surface area contributed by atoms with Gasteiger partial charge in [0.1, 0.15) is 0 Å². The SMILES string of the molecule is CC(C)(C)c1cccc(C(C)(C(=O)O)C(C)(C)C)c1. The first-order valence-corrected chi connectivity index (χ1v) is 6.75. The summed E-state index contributed by atoms with van der Waals surface area (Å²) in [5, 5.41) is 9.72. The van der Waals surface area contributed by atoms with E-state index in [9.17, 15) is 9.90 Å². The van der Waals surface area contributed by atoms with Gasteiger partial charge in [-0.2, -0.15) is 0 Å². The van der Waals surface area contributed by atoms with Crippen LogP contribution in [0.5, 0.6) is 0 Å². The maximum absolute atomic E-state index is 11.8. The van der Waals surface area contributed by atoms with E-state index in [1.54, 1.807) is 0 Å². The van der Waals surface area contributed by atoms with Crippen molar-refractivity contribution in [2.24, 2.45) is 5.41 Å². The monoisotopic (exact) mass is 262 g/mol. The molecule has 1 aromatic carbocycles. The van der Waals surface area contributed by atoms with Gasteiger partial charge in [-0.25, -0.2) is 0 Å². The minimum absolute atomic E-state index is 0.0211. The fourth-order valence-electron chi connectivity index (χ4n) is 2.17. The van der Waals surface area contributed by atoms with Crippen LogP contribution in [0.3, 0.4) is 0 Å². The van der Waals surface area contributed by atoms with E-state index in [-0.39, 0.29) is 10.8 Å². The van der Waals surface area contributed by atoms with Gasteiger partial charge in [0, 0.05) is 0 Å².